The molecule has 3 atom stereocenters. The van der Waals surface area contributed by atoms with Crippen molar-refractivity contribution in [3.8, 4) is 6.07 Å². The van der Waals surface area contributed by atoms with Crippen molar-refractivity contribution in [1.29, 1.82) is 5.26 Å². The highest BCUT2D eigenvalue weighted by atomic mass is 32.2. The van der Waals surface area contributed by atoms with E-state index >= 15 is 0 Å². The second kappa shape index (κ2) is 5.63. The number of nitrogens with one attached hydrogen (secondary N) is 1. The Kier molecular flexibility index (Phi) is 4.43. The Bertz CT molecular complexity index is 497. The third kappa shape index (κ3) is 3.33. The second-order valence-corrected chi connectivity index (χ2v) is 8.84. The van der Waals surface area contributed by atoms with Gasteiger partial charge in [-0.05, 0) is 46.6 Å². The van der Waals surface area contributed by atoms with Crippen molar-refractivity contribution < 1.29 is 8.42 Å². The van der Waals surface area contributed by atoms with E-state index in [1.165, 1.54) is 0 Å². The largest absolute Gasteiger partial charge is 0.299 e. The monoisotopic (exact) mass is 299 g/mol. The standard InChI is InChI=1S/C14H25N3O2S/c1-11(2)16-14(10-15)6-4-12(8-14)17(3)13-5-7-20(18,19)9-13/h11-13,16H,4-9H2,1-3H3. The van der Waals surface area contributed by atoms with Crippen molar-refractivity contribution in [3.63, 3.8) is 0 Å². The highest BCUT2D eigenvalue weighted by Gasteiger charge is 2.43. The van der Waals surface area contributed by atoms with Gasteiger partial charge in [-0.25, -0.2) is 8.42 Å². The van der Waals surface area contributed by atoms with Crippen LogP contribution in [0.1, 0.15) is 39.5 Å². The van der Waals surface area contributed by atoms with E-state index in [0.29, 0.717) is 11.8 Å². The Morgan fingerprint density at radius 1 is 1.35 bits per heavy atom. The van der Waals surface area contributed by atoms with Gasteiger partial charge >= 0.3 is 0 Å². The van der Waals surface area contributed by atoms with Crippen molar-refractivity contribution >= 4 is 9.84 Å². The molecule has 0 aromatic rings. The summed E-state index contributed by atoms with van der Waals surface area (Å²) in [5.74, 6) is 0.583. The lowest BCUT2D eigenvalue weighted by atomic mass is 9.98. The number of nitrogens with zero attached hydrogens (tertiary/aromatic N) is 2. The third-order valence-corrected chi connectivity index (χ3v) is 6.38. The molecule has 1 aliphatic heterocycles. The van der Waals surface area contributed by atoms with E-state index < -0.39 is 15.4 Å². The fourth-order valence-electron chi connectivity index (χ4n) is 3.58. The Morgan fingerprint density at radius 2 is 2.05 bits per heavy atom. The molecule has 114 valence electrons. The summed E-state index contributed by atoms with van der Waals surface area (Å²) in [7, 11) is -0.833. The first-order valence-corrected chi connectivity index (χ1v) is 9.20. The minimum atomic E-state index is -2.85. The molecule has 1 heterocycles. The number of hydrogen-bond donors (Lipinski definition) is 1. The van der Waals surface area contributed by atoms with E-state index in [9.17, 15) is 13.7 Å². The van der Waals surface area contributed by atoms with Crippen molar-refractivity contribution in [1.82, 2.24) is 10.2 Å². The molecule has 5 nitrogen and oxygen atoms in total. The zero-order valence-corrected chi connectivity index (χ0v) is 13.4. The summed E-state index contributed by atoms with van der Waals surface area (Å²) in [4.78, 5) is 2.20. The summed E-state index contributed by atoms with van der Waals surface area (Å²) < 4.78 is 23.2. The van der Waals surface area contributed by atoms with Crippen molar-refractivity contribution in [2.24, 2.45) is 0 Å². The van der Waals surface area contributed by atoms with Crippen molar-refractivity contribution in [2.75, 3.05) is 18.6 Å². The molecule has 1 saturated carbocycles. The molecule has 1 N–H and O–H groups in total. The number of rotatable bonds is 4. The van der Waals surface area contributed by atoms with Gasteiger partial charge in [-0.3, -0.25) is 10.2 Å². The van der Waals surface area contributed by atoms with E-state index in [0.717, 1.165) is 25.7 Å². The highest BCUT2D eigenvalue weighted by Crippen LogP contribution is 2.34. The third-order valence-electron chi connectivity index (χ3n) is 4.63. The molecule has 0 amide bonds. The van der Waals surface area contributed by atoms with Gasteiger partial charge in [-0.15, -0.1) is 0 Å². The van der Waals surface area contributed by atoms with Crippen LogP contribution in [0.5, 0.6) is 0 Å². The molecular weight excluding hydrogens is 274 g/mol. The molecule has 2 rings (SSSR count). The van der Waals surface area contributed by atoms with Crippen LogP contribution in [0.2, 0.25) is 0 Å². The minimum Gasteiger partial charge on any atom is -0.299 e. The molecule has 0 bridgehead atoms. The SMILES string of the molecule is CC(C)NC1(C#N)CCC(N(C)C2CCS(=O)(=O)C2)C1. The van der Waals surface area contributed by atoms with Crippen LogP contribution in [0.25, 0.3) is 0 Å². The Labute approximate surface area is 122 Å². The van der Waals surface area contributed by atoms with Crippen molar-refractivity contribution in [2.45, 2.75) is 63.2 Å². The van der Waals surface area contributed by atoms with Crippen LogP contribution in [0.3, 0.4) is 0 Å². The maximum Gasteiger partial charge on any atom is 0.151 e. The van der Waals surface area contributed by atoms with Crippen LogP contribution in [0.15, 0.2) is 0 Å². The van der Waals surface area contributed by atoms with Gasteiger partial charge in [0.25, 0.3) is 0 Å². The van der Waals surface area contributed by atoms with Gasteiger partial charge in [0.2, 0.25) is 0 Å². The topological polar surface area (TPSA) is 73.2 Å². The Hall–Kier alpha value is -0.640. The number of nitriles is 1. The van der Waals surface area contributed by atoms with Crippen LogP contribution >= 0.6 is 0 Å². The summed E-state index contributed by atoms with van der Waals surface area (Å²) in [6.45, 7) is 4.11. The van der Waals surface area contributed by atoms with E-state index in [-0.39, 0.29) is 17.8 Å². The van der Waals surface area contributed by atoms with Gasteiger partial charge in [0.15, 0.2) is 9.84 Å². The van der Waals surface area contributed by atoms with Gasteiger partial charge in [0, 0.05) is 18.1 Å². The molecule has 3 unspecified atom stereocenters. The first kappa shape index (κ1) is 15.7. The molecule has 0 radical (unpaired) electrons. The number of hydrogen-bond acceptors (Lipinski definition) is 5. The quantitative estimate of drug-likeness (QED) is 0.835. The molecule has 1 aliphatic carbocycles. The predicted molar refractivity (Wildman–Crippen MR) is 79.1 cm³/mol. The van der Waals surface area contributed by atoms with Gasteiger partial charge in [-0.1, -0.05) is 0 Å². The van der Waals surface area contributed by atoms with Crippen molar-refractivity contribution in [3.05, 3.63) is 0 Å². The summed E-state index contributed by atoms with van der Waals surface area (Å²) in [6.07, 6.45) is 3.32. The maximum absolute atomic E-state index is 11.6. The molecule has 2 fully saturated rings. The zero-order valence-electron chi connectivity index (χ0n) is 12.6. The summed E-state index contributed by atoms with van der Waals surface area (Å²) in [6, 6.07) is 3.16. The molecule has 6 heteroatoms. The lowest BCUT2D eigenvalue weighted by Crippen LogP contribution is -2.48. The number of sulfone groups is 1. The summed E-state index contributed by atoms with van der Waals surface area (Å²) >= 11 is 0. The van der Waals surface area contributed by atoms with Crippen LogP contribution < -0.4 is 5.32 Å². The molecular formula is C14H25N3O2S. The minimum absolute atomic E-state index is 0.124. The molecule has 0 aromatic carbocycles. The molecule has 20 heavy (non-hydrogen) atoms. The van der Waals surface area contributed by atoms with Gasteiger partial charge < -0.3 is 0 Å². The first-order valence-electron chi connectivity index (χ1n) is 7.38. The zero-order chi connectivity index (χ0) is 15.0. The lowest BCUT2D eigenvalue weighted by molar-refractivity contribution is 0.182. The van der Waals surface area contributed by atoms with E-state index in [1.54, 1.807) is 0 Å². The Balaban J connectivity index is 2.00. The first-order chi connectivity index (χ1) is 9.27. The van der Waals surface area contributed by atoms with Crippen LogP contribution in [0.4, 0.5) is 0 Å². The Morgan fingerprint density at radius 3 is 2.55 bits per heavy atom. The fourth-order valence-corrected chi connectivity index (χ4v) is 5.37. The normalized spacial score (nSPS) is 36.6. The van der Waals surface area contributed by atoms with E-state index in [4.69, 9.17) is 0 Å². The predicted octanol–water partition coefficient (Wildman–Crippen LogP) is 0.918. The van der Waals surface area contributed by atoms with Gasteiger partial charge in [-0.2, -0.15) is 5.26 Å². The van der Waals surface area contributed by atoms with Crippen LogP contribution in [-0.4, -0.2) is 55.5 Å². The van der Waals surface area contributed by atoms with E-state index in [2.05, 4.69) is 30.1 Å². The molecule has 2 aliphatic rings. The maximum atomic E-state index is 11.6. The average molecular weight is 299 g/mol. The van der Waals surface area contributed by atoms with E-state index in [1.807, 2.05) is 7.05 Å². The second-order valence-electron chi connectivity index (χ2n) is 6.61. The lowest BCUT2D eigenvalue weighted by Gasteiger charge is -2.31. The fraction of sp³-hybridized carbons (Fsp3) is 0.929. The molecule has 0 spiro atoms. The smallest absolute Gasteiger partial charge is 0.151 e. The van der Waals surface area contributed by atoms with Crippen LogP contribution in [-0.2, 0) is 9.84 Å². The van der Waals surface area contributed by atoms with Gasteiger partial charge in [0.1, 0.15) is 5.54 Å². The van der Waals surface area contributed by atoms with Crippen LogP contribution in [0, 0.1) is 11.3 Å². The van der Waals surface area contributed by atoms with Gasteiger partial charge in [0.05, 0.1) is 17.6 Å². The average Bonchev–Trinajstić information content (AvgIpc) is 2.92. The molecule has 1 saturated heterocycles. The summed E-state index contributed by atoms with van der Waals surface area (Å²) in [5, 5.41) is 12.9. The molecule has 0 aromatic heterocycles. The highest BCUT2D eigenvalue weighted by molar-refractivity contribution is 7.91. The summed E-state index contributed by atoms with van der Waals surface area (Å²) in [5.41, 5.74) is -0.440.